The number of rotatable bonds is 18. The third-order valence-electron chi connectivity index (χ3n) is 6.85. The van der Waals surface area contributed by atoms with Crippen LogP contribution in [0.4, 0.5) is 0 Å². The van der Waals surface area contributed by atoms with Gasteiger partial charge < -0.3 is 4.90 Å². The quantitative estimate of drug-likeness (QED) is 0.167. The van der Waals surface area contributed by atoms with E-state index in [1.807, 2.05) is 42.8 Å². The molecule has 1 aromatic rings. The zero-order valence-electron chi connectivity index (χ0n) is 21.8. The molecule has 0 saturated carbocycles. The highest BCUT2D eigenvalue weighted by Crippen LogP contribution is 2.24. The topological polar surface area (TPSA) is 69.7 Å². The van der Waals surface area contributed by atoms with Gasteiger partial charge in [-0.15, -0.1) is 11.8 Å². The first-order valence-corrected chi connectivity index (χ1v) is 14.4. The zero-order valence-corrected chi connectivity index (χ0v) is 22.6. The Bertz CT molecular complexity index is 768. The second-order valence-electron chi connectivity index (χ2n) is 9.70. The highest BCUT2D eigenvalue weighted by molar-refractivity contribution is 7.99. The summed E-state index contributed by atoms with van der Waals surface area (Å²) < 4.78 is 0. The number of aldehydes is 1. The maximum atomic E-state index is 12.3. The van der Waals surface area contributed by atoms with Gasteiger partial charge in [0.1, 0.15) is 6.29 Å². The van der Waals surface area contributed by atoms with Crippen molar-refractivity contribution in [2.45, 2.75) is 95.0 Å². The Morgan fingerprint density at radius 1 is 1.09 bits per heavy atom. The first kappa shape index (κ1) is 29.5. The second kappa shape index (κ2) is 17.7. The number of likely N-dealkylation sites (N-methyl/N-ethyl adjacent to an activating group) is 1. The highest BCUT2D eigenvalue weighted by atomic mass is 32.2. The van der Waals surface area contributed by atoms with E-state index in [0.717, 1.165) is 28.9 Å². The van der Waals surface area contributed by atoms with Crippen molar-refractivity contribution in [3.05, 3.63) is 29.3 Å². The molecule has 1 aromatic carbocycles. The average Bonchev–Trinajstić information content (AvgIpc) is 2.87. The van der Waals surface area contributed by atoms with Crippen molar-refractivity contribution in [1.82, 2.24) is 15.1 Å². The zero-order chi connectivity index (χ0) is 25.3. The Labute approximate surface area is 216 Å². The number of benzene rings is 1. The summed E-state index contributed by atoms with van der Waals surface area (Å²) in [5, 5.41) is 2.27. The summed E-state index contributed by atoms with van der Waals surface area (Å²) in [6.45, 7) is 6.39. The van der Waals surface area contributed by atoms with E-state index in [-0.39, 0.29) is 5.91 Å². The fraction of sp³-hybridized carbons (Fsp3) is 0.679. The van der Waals surface area contributed by atoms with Crippen LogP contribution in [0.2, 0.25) is 0 Å². The van der Waals surface area contributed by atoms with E-state index in [1.54, 1.807) is 0 Å². The molecule has 0 spiro atoms. The van der Waals surface area contributed by atoms with E-state index in [1.165, 1.54) is 77.4 Å². The van der Waals surface area contributed by atoms with Crippen molar-refractivity contribution in [1.29, 1.82) is 0 Å². The number of nitrogens with zero attached hydrogens (tertiary/aromatic N) is 2. The van der Waals surface area contributed by atoms with Crippen LogP contribution in [0.5, 0.6) is 0 Å². The Morgan fingerprint density at radius 3 is 2.49 bits per heavy atom. The smallest absolute Gasteiger partial charge is 0.243 e. The first-order valence-electron chi connectivity index (χ1n) is 13.5. The average molecular weight is 504 g/mol. The Morgan fingerprint density at radius 2 is 1.80 bits per heavy atom. The number of hydrogen-bond donors (Lipinski definition) is 1. The van der Waals surface area contributed by atoms with Crippen molar-refractivity contribution in [3.8, 4) is 0 Å². The van der Waals surface area contributed by atoms with Crippen LogP contribution in [0.25, 0.3) is 0 Å². The monoisotopic (exact) mass is 503 g/mol. The number of hydrogen-bond acceptors (Lipinski definition) is 6. The summed E-state index contributed by atoms with van der Waals surface area (Å²) in [5.41, 5.74) is 1.57. The van der Waals surface area contributed by atoms with Gasteiger partial charge in [0.15, 0.2) is 0 Å². The van der Waals surface area contributed by atoms with Crippen molar-refractivity contribution in [2.24, 2.45) is 0 Å². The number of unbranched alkanes of at least 4 members (excludes halogenated alkanes) is 5. The number of carbonyl (C=O) groups excluding carboxylic acids is 3. The Hall–Kier alpha value is -1.70. The summed E-state index contributed by atoms with van der Waals surface area (Å²) in [7, 11) is 1.87. The maximum absolute atomic E-state index is 12.3. The standard InChI is InChI=1S/C28H45N3O3S/c1-3-13-27(28(34)29-23-33)30(2)21-25-20-26(15-14-24(25)22-32)35-19-12-7-5-4-6-9-16-31-17-10-8-11-18-31/h14-15,20,22-23,27H,3-13,16-19,21H2,1-2H3,(H,29,33,34). The lowest BCUT2D eigenvalue weighted by Gasteiger charge is -2.26. The fourth-order valence-corrected chi connectivity index (χ4v) is 5.77. The Balaban J connectivity index is 1.72. The second-order valence-corrected chi connectivity index (χ2v) is 10.9. The summed E-state index contributed by atoms with van der Waals surface area (Å²) in [6.07, 6.45) is 14.8. The van der Waals surface area contributed by atoms with Gasteiger partial charge in [-0.1, -0.05) is 51.5 Å². The minimum absolute atomic E-state index is 0.297. The Kier molecular flexibility index (Phi) is 14.9. The summed E-state index contributed by atoms with van der Waals surface area (Å²) in [6, 6.07) is 5.56. The molecule has 0 bridgehead atoms. The van der Waals surface area contributed by atoms with Gasteiger partial charge in [0.25, 0.3) is 0 Å². The van der Waals surface area contributed by atoms with Crippen molar-refractivity contribution < 1.29 is 14.4 Å². The van der Waals surface area contributed by atoms with Crippen LogP contribution in [0, 0.1) is 0 Å². The summed E-state index contributed by atoms with van der Waals surface area (Å²) in [5.74, 6) is 0.776. The summed E-state index contributed by atoms with van der Waals surface area (Å²) in [4.78, 5) is 40.3. The predicted octanol–water partition coefficient (Wildman–Crippen LogP) is 5.29. The maximum Gasteiger partial charge on any atom is 0.243 e. The van der Waals surface area contributed by atoms with Crippen LogP contribution in [-0.2, 0) is 16.1 Å². The molecule has 0 radical (unpaired) electrons. The first-order chi connectivity index (χ1) is 17.1. The van der Waals surface area contributed by atoms with Crippen molar-refractivity contribution in [3.63, 3.8) is 0 Å². The van der Waals surface area contributed by atoms with Crippen molar-refractivity contribution in [2.75, 3.05) is 32.4 Å². The number of likely N-dealkylation sites (tertiary alicyclic amines) is 1. The van der Waals surface area contributed by atoms with Crippen molar-refractivity contribution >= 4 is 30.4 Å². The number of carbonyl (C=O) groups is 3. The number of thioether (sulfide) groups is 1. The van der Waals surface area contributed by atoms with Gasteiger partial charge in [0, 0.05) is 17.0 Å². The molecule has 2 amide bonds. The molecule has 7 heteroatoms. The van der Waals surface area contributed by atoms with Crippen LogP contribution in [0.15, 0.2) is 23.1 Å². The molecule has 1 saturated heterocycles. The lowest BCUT2D eigenvalue weighted by atomic mass is 10.1. The lowest BCUT2D eigenvalue weighted by molar-refractivity contribution is -0.129. The van der Waals surface area contributed by atoms with Gasteiger partial charge in [-0.2, -0.15) is 0 Å². The molecule has 1 atom stereocenters. The number of piperidine rings is 1. The van der Waals surface area contributed by atoms with E-state index < -0.39 is 6.04 Å². The highest BCUT2D eigenvalue weighted by Gasteiger charge is 2.23. The normalized spacial score (nSPS) is 15.2. The van der Waals surface area contributed by atoms with Crippen LogP contribution in [-0.4, -0.2) is 66.9 Å². The molecule has 35 heavy (non-hydrogen) atoms. The molecule has 196 valence electrons. The lowest BCUT2D eigenvalue weighted by Crippen LogP contribution is -2.44. The molecule has 1 unspecified atom stereocenters. The van der Waals surface area contributed by atoms with Crippen LogP contribution < -0.4 is 5.32 Å². The van der Waals surface area contributed by atoms with E-state index in [0.29, 0.717) is 24.9 Å². The third kappa shape index (κ3) is 11.3. The van der Waals surface area contributed by atoms with E-state index in [9.17, 15) is 14.4 Å². The fourth-order valence-electron chi connectivity index (χ4n) is 4.80. The molecule has 0 aromatic heterocycles. The van der Waals surface area contributed by atoms with Gasteiger partial charge in [-0.05, 0) is 82.2 Å². The van der Waals surface area contributed by atoms with E-state index in [2.05, 4.69) is 16.3 Å². The largest absolute Gasteiger partial charge is 0.303 e. The van der Waals surface area contributed by atoms with Crippen LogP contribution in [0.3, 0.4) is 0 Å². The van der Waals surface area contributed by atoms with Gasteiger partial charge in [-0.25, -0.2) is 0 Å². The molecular formula is C28H45N3O3S. The molecule has 6 nitrogen and oxygen atoms in total. The number of nitrogens with one attached hydrogen (secondary N) is 1. The SMILES string of the molecule is CCCC(C(=O)NC=O)N(C)Cc1cc(SCCCCCCCCN2CCCCC2)ccc1C=O. The molecule has 1 N–H and O–H groups in total. The van der Waals surface area contributed by atoms with Gasteiger partial charge in [-0.3, -0.25) is 24.6 Å². The van der Waals surface area contributed by atoms with Crippen LogP contribution >= 0.6 is 11.8 Å². The minimum Gasteiger partial charge on any atom is -0.303 e. The number of imide groups is 1. The molecule has 1 aliphatic rings. The van der Waals surface area contributed by atoms with Gasteiger partial charge in [0.2, 0.25) is 12.3 Å². The van der Waals surface area contributed by atoms with E-state index in [4.69, 9.17) is 0 Å². The molecule has 1 heterocycles. The molecule has 1 fully saturated rings. The predicted molar refractivity (Wildman–Crippen MR) is 145 cm³/mol. The third-order valence-corrected chi connectivity index (χ3v) is 7.93. The summed E-state index contributed by atoms with van der Waals surface area (Å²) >= 11 is 1.83. The van der Waals surface area contributed by atoms with Crippen LogP contribution in [0.1, 0.15) is 93.5 Å². The molecule has 2 rings (SSSR count). The van der Waals surface area contributed by atoms with Gasteiger partial charge >= 0.3 is 0 Å². The van der Waals surface area contributed by atoms with Gasteiger partial charge in [0.05, 0.1) is 6.04 Å². The molecular weight excluding hydrogens is 458 g/mol. The minimum atomic E-state index is -0.402. The van der Waals surface area contributed by atoms with E-state index >= 15 is 0 Å². The molecule has 1 aliphatic heterocycles. The molecule has 0 aliphatic carbocycles. The number of amides is 2.